The number of para-hydroxylation sites is 1. The lowest BCUT2D eigenvalue weighted by molar-refractivity contribution is 0.317. The van der Waals surface area contributed by atoms with Crippen molar-refractivity contribution in [1.29, 1.82) is 0 Å². The van der Waals surface area contributed by atoms with Gasteiger partial charge in [-0.05, 0) is 46.6 Å². The average Bonchev–Trinajstić information content (AvgIpc) is 3.03. The second kappa shape index (κ2) is 7.20. The Kier molecular flexibility index (Phi) is 4.59. The third kappa shape index (κ3) is 3.41. The number of nitrogens with zero attached hydrogens (tertiary/aromatic N) is 4. The van der Waals surface area contributed by atoms with Crippen molar-refractivity contribution in [3.63, 3.8) is 0 Å². The number of phenolic OH excluding ortho intramolecular Hbond substituents is 1. The zero-order chi connectivity index (χ0) is 18.8. The van der Waals surface area contributed by atoms with Crippen LogP contribution in [-0.4, -0.2) is 38.1 Å². The molecule has 136 valence electrons. The number of hydrogen-bond donors (Lipinski definition) is 3. The summed E-state index contributed by atoms with van der Waals surface area (Å²) in [7, 11) is 0. The number of hydrazone groups is 1. The largest absolute Gasteiger partial charge is 0.503 e. The molecule has 0 unspecified atom stereocenters. The number of ether oxygens (including phenoxy) is 1. The Labute approximate surface area is 162 Å². The maximum absolute atomic E-state index is 9.95. The smallest absolute Gasteiger partial charge is 0.265 e. The van der Waals surface area contributed by atoms with Crippen LogP contribution in [0.2, 0.25) is 0 Å². The first-order valence-corrected chi connectivity index (χ1v) is 9.00. The van der Waals surface area contributed by atoms with Crippen molar-refractivity contribution < 1.29 is 9.84 Å². The number of benzene rings is 2. The van der Waals surface area contributed by atoms with Gasteiger partial charge < -0.3 is 14.8 Å². The molecule has 0 fully saturated rings. The molecule has 0 spiro atoms. The molecule has 3 N–H and O–H groups in total. The van der Waals surface area contributed by atoms with E-state index in [0.717, 1.165) is 16.5 Å². The van der Waals surface area contributed by atoms with E-state index in [1.54, 1.807) is 18.3 Å². The highest BCUT2D eigenvalue weighted by molar-refractivity contribution is 9.10. The molecular weight excluding hydrogens is 412 g/mol. The summed E-state index contributed by atoms with van der Waals surface area (Å²) in [6, 6.07) is 11.2. The molecule has 4 rings (SSSR count). The molecule has 2 aromatic carbocycles. The molecule has 4 aromatic rings. The summed E-state index contributed by atoms with van der Waals surface area (Å²) in [5, 5.41) is 23.3. The van der Waals surface area contributed by atoms with Gasteiger partial charge >= 0.3 is 0 Å². The second-order valence-corrected chi connectivity index (χ2v) is 6.51. The molecule has 0 radical (unpaired) electrons. The molecule has 2 heterocycles. The number of halogens is 1. The molecule has 0 aliphatic rings. The minimum Gasteiger partial charge on any atom is -0.503 e. The minimum absolute atomic E-state index is 0.0544. The fourth-order valence-corrected chi connectivity index (χ4v) is 3.13. The van der Waals surface area contributed by atoms with Crippen molar-refractivity contribution in [2.24, 2.45) is 5.10 Å². The van der Waals surface area contributed by atoms with E-state index in [4.69, 9.17) is 4.74 Å². The van der Waals surface area contributed by atoms with Crippen LogP contribution in [0.3, 0.4) is 0 Å². The second-order valence-electron chi connectivity index (χ2n) is 5.66. The Hall–Kier alpha value is -3.20. The fraction of sp³-hybridized carbons (Fsp3) is 0.111. The topological polar surface area (TPSA) is 108 Å². The van der Waals surface area contributed by atoms with Crippen molar-refractivity contribution in [2.75, 3.05) is 12.0 Å². The van der Waals surface area contributed by atoms with Crippen molar-refractivity contribution in [3.05, 3.63) is 46.4 Å². The molecule has 0 saturated carbocycles. The number of H-pyrrole nitrogens is 1. The van der Waals surface area contributed by atoms with Gasteiger partial charge in [0.25, 0.3) is 5.95 Å². The molecule has 2 aromatic heterocycles. The first-order chi connectivity index (χ1) is 13.2. The van der Waals surface area contributed by atoms with Crippen molar-refractivity contribution >= 4 is 50.2 Å². The van der Waals surface area contributed by atoms with E-state index >= 15 is 0 Å². The standard InChI is InChI=1S/C18H15BrN6O2/c1-2-27-14-8-10(7-12(19)16(14)26)9-20-24-18-22-17-15(23-25-18)11-5-3-4-6-13(11)21-17/h3-9,26H,2H2,1H3,(H2,21,22,24,25)/b20-9+. The summed E-state index contributed by atoms with van der Waals surface area (Å²) in [6.45, 7) is 2.29. The first kappa shape index (κ1) is 17.2. The zero-order valence-electron chi connectivity index (χ0n) is 14.3. The SMILES string of the molecule is CCOc1cc(/C=N/Nc2nnc3c(n2)[nH]c2ccccc23)cc(Br)c1O. The van der Waals surface area contributed by atoms with Gasteiger partial charge in [0, 0.05) is 10.9 Å². The van der Waals surface area contributed by atoms with E-state index in [1.807, 2.05) is 31.2 Å². The molecule has 0 atom stereocenters. The third-order valence-corrected chi connectivity index (χ3v) is 4.46. The monoisotopic (exact) mass is 426 g/mol. The summed E-state index contributed by atoms with van der Waals surface area (Å²) >= 11 is 3.30. The van der Waals surface area contributed by atoms with Crippen LogP contribution in [0.25, 0.3) is 22.1 Å². The maximum atomic E-state index is 9.95. The Morgan fingerprint density at radius 1 is 1.30 bits per heavy atom. The quantitative estimate of drug-likeness (QED) is 0.330. The number of aromatic nitrogens is 4. The molecule has 0 aliphatic heterocycles. The van der Waals surface area contributed by atoms with E-state index < -0.39 is 0 Å². The number of aromatic hydroxyl groups is 1. The molecule has 8 nitrogen and oxygen atoms in total. The molecule has 0 bridgehead atoms. The Balaban J connectivity index is 1.57. The van der Waals surface area contributed by atoms with Gasteiger partial charge in [-0.3, -0.25) is 0 Å². The minimum atomic E-state index is 0.0544. The highest BCUT2D eigenvalue weighted by Crippen LogP contribution is 2.35. The average molecular weight is 427 g/mol. The van der Waals surface area contributed by atoms with Crippen LogP contribution in [-0.2, 0) is 0 Å². The number of rotatable bonds is 5. The van der Waals surface area contributed by atoms with Crippen LogP contribution in [0, 0.1) is 0 Å². The van der Waals surface area contributed by atoms with Gasteiger partial charge in [-0.1, -0.05) is 18.2 Å². The summed E-state index contributed by atoms with van der Waals surface area (Å²) in [5.74, 6) is 0.706. The number of nitrogens with one attached hydrogen (secondary N) is 2. The molecule has 27 heavy (non-hydrogen) atoms. The van der Waals surface area contributed by atoms with E-state index in [1.165, 1.54) is 0 Å². The van der Waals surface area contributed by atoms with Gasteiger partial charge in [-0.15, -0.1) is 10.2 Å². The van der Waals surface area contributed by atoms with Crippen LogP contribution in [0.4, 0.5) is 5.95 Å². The van der Waals surface area contributed by atoms with Crippen LogP contribution in [0.5, 0.6) is 11.5 Å². The molecular formula is C18H15BrN6O2. The normalized spacial score (nSPS) is 11.5. The Morgan fingerprint density at radius 3 is 3.00 bits per heavy atom. The van der Waals surface area contributed by atoms with Gasteiger partial charge in [0.05, 0.1) is 17.3 Å². The number of hydrogen-bond acceptors (Lipinski definition) is 7. The summed E-state index contributed by atoms with van der Waals surface area (Å²) in [4.78, 5) is 7.60. The van der Waals surface area contributed by atoms with Crippen LogP contribution < -0.4 is 10.2 Å². The van der Waals surface area contributed by atoms with E-state index in [-0.39, 0.29) is 11.7 Å². The first-order valence-electron chi connectivity index (χ1n) is 8.21. The number of anilines is 1. The highest BCUT2D eigenvalue weighted by atomic mass is 79.9. The predicted molar refractivity (Wildman–Crippen MR) is 107 cm³/mol. The lowest BCUT2D eigenvalue weighted by Crippen LogP contribution is -1.99. The lowest BCUT2D eigenvalue weighted by Gasteiger charge is -2.08. The van der Waals surface area contributed by atoms with E-state index in [0.29, 0.717) is 28.0 Å². The number of aromatic amines is 1. The highest BCUT2D eigenvalue weighted by Gasteiger charge is 2.09. The van der Waals surface area contributed by atoms with Crippen LogP contribution in [0.15, 0.2) is 46.0 Å². The lowest BCUT2D eigenvalue weighted by atomic mass is 10.2. The molecule has 0 amide bonds. The van der Waals surface area contributed by atoms with Crippen molar-refractivity contribution in [3.8, 4) is 11.5 Å². The number of phenols is 1. The van der Waals surface area contributed by atoms with Gasteiger partial charge in [0.15, 0.2) is 17.1 Å². The predicted octanol–water partition coefficient (Wildman–Crippen LogP) is 3.82. The van der Waals surface area contributed by atoms with Crippen molar-refractivity contribution in [1.82, 2.24) is 20.2 Å². The van der Waals surface area contributed by atoms with Gasteiger partial charge in [-0.25, -0.2) is 5.43 Å². The fourth-order valence-electron chi connectivity index (χ4n) is 2.67. The summed E-state index contributed by atoms with van der Waals surface area (Å²) < 4.78 is 5.92. The van der Waals surface area contributed by atoms with Crippen LogP contribution in [0.1, 0.15) is 12.5 Å². The van der Waals surface area contributed by atoms with Gasteiger partial charge in [0.2, 0.25) is 0 Å². The Bertz CT molecular complexity index is 1160. The van der Waals surface area contributed by atoms with Gasteiger partial charge in [-0.2, -0.15) is 10.1 Å². The third-order valence-electron chi connectivity index (χ3n) is 3.85. The molecule has 0 saturated heterocycles. The van der Waals surface area contributed by atoms with Crippen molar-refractivity contribution in [2.45, 2.75) is 6.92 Å². The number of fused-ring (bicyclic) bond motifs is 3. The molecule has 0 aliphatic carbocycles. The van der Waals surface area contributed by atoms with Crippen LogP contribution >= 0.6 is 15.9 Å². The zero-order valence-corrected chi connectivity index (χ0v) is 15.9. The van der Waals surface area contributed by atoms with E-state index in [2.05, 4.69) is 46.6 Å². The maximum Gasteiger partial charge on any atom is 0.265 e. The Morgan fingerprint density at radius 2 is 2.15 bits per heavy atom. The van der Waals surface area contributed by atoms with E-state index in [9.17, 15) is 5.11 Å². The molecule has 9 heteroatoms. The summed E-state index contributed by atoms with van der Waals surface area (Å²) in [6.07, 6.45) is 1.57. The summed E-state index contributed by atoms with van der Waals surface area (Å²) in [5.41, 5.74) is 5.79. The van der Waals surface area contributed by atoms with Gasteiger partial charge in [0.1, 0.15) is 5.52 Å².